The van der Waals surface area contributed by atoms with E-state index < -0.39 is 6.10 Å². The van der Waals surface area contributed by atoms with Gasteiger partial charge in [-0.05, 0) is 26.0 Å². The molecule has 0 saturated heterocycles. The van der Waals surface area contributed by atoms with E-state index in [1.807, 2.05) is 19.9 Å². The number of halogens is 2. The van der Waals surface area contributed by atoms with Crippen molar-refractivity contribution in [1.82, 2.24) is 0 Å². The summed E-state index contributed by atoms with van der Waals surface area (Å²) in [4.78, 5) is 0. The predicted octanol–water partition coefficient (Wildman–Crippen LogP) is 4.35. The summed E-state index contributed by atoms with van der Waals surface area (Å²) < 4.78 is 6.45. The molecular formula is C11H10Cl2O2S. The Kier molecular flexibility index (Phi) is 3.31. The van der Waals surface area contributed by atoms with Crippen molar-refractivity contribution in [2.24, 2.45) is 0 Å². The van der Waals surface area contributed by atoms with Gasteiger partial charge in [0, 0.05) is 11.1 Å². The van der Waals surface area contributed by atoms with Gasteiger partial charge in [0.1, 0.15) is 22.0 Å². The SMILES string of the molecule is Cc1cc(C(O)c2cc(Cl)sc2Cl)c(C)o1. The molecule has 0 amide bonds. The minimum Gasteiger partial charge on any atom is -0.466 e. The van der Waals surface area contributed by atoms with Gasteiger partial charge >= 0.3 is 0 Å². The van der Waals surface area contributed by atoms with E-state index in [0.717, 1.165) is 11.3 Å². The molecule has 0 bridgehead atoms. The van der Waals surface area contributed by atoms with E-state index in [4.69, 9.17) is 27.6 Å². The minimum atomic E-state index is -0.784. The number of aliphatic hydroxyl groups excluding tert-OH is 1. The van der Waals surface area contributed by atoms with Crippen molar-refractivity contribution in [1.29, 1.82) is 0 Å². The number of aliphatic hydroxyl groups is 1. The molecule has 2 rings (SSSR count). The van der Waals surface area contributed by atoms with Crippen molar-refractivity contribution in [2.75, 3.05) is 0 Å². The lowest BCUT2D eigenvalue weighted by atomic mass is 10.1. The lowest BCUT2D eigenvalue weighted by molar-refractivity contribution is 0.218. The van der Waals surface area contributed by atoms with Crippen LogP contribution in [0.1, 0.15) is 28.8 Å². The van der Waals surface area contributed by atoms with Crippen LogP contribution in [0.3, 0.4) is 0 Å². The first kappa shape index (κ1) is 12.0. The molecule has 0 saturated carbocycles. The molecule has 0 aliphatic carbocycles. The Morgan fingerprint density at radius 2 is 1.94 bits per heavy atom. The molecule has 1 atom stereocenters. The summed E-state index contributed by atoms with van der Waals surface area (Å²) >= 11 is 13.1. The zero-order chi connectivity index (χ0) is 11.9. The van der Waals surface area contributed by atoms with Crippen LogP contribution in [-0.2, 0) is 0 Å². The topological polar surface area (TPSA) is 33.4 Å². The molecule has 86 valence electrons. The van der Waals surface area contributed by atoms with Crippen molar-refractivity contribution in [3.63, 3.8) is 0 Å². The molecule has 2 aromatic heterocycles. The highest BCUT2D eigenvalue weighted by molar-refractivity contribution is 7.20. The highest BCUT2D eigenvalue weighted by atomic mass is 35.5. The van der Waals surface area contributed by atoms with E-state index in [0.29, 0.717) is 20.0 Å². The summed E-state index contributed by atoms with van der Waals surface area (Å²) in [6, 6.07) is 3.49. The summed E-state index contributed by atoms with van der Waals surface area (Å²) in [5.74, 6) is 1.47. The van der Waals surface area contributed by atoms with Gasteiger partial charge in [-0.25, -0.2) is 0 Å². The Balaban J connectivity index is 2.42. The molecule has 0 aromatic carbocycles. The summed E-state index contributed by atoms with van der Waals surface area (Å²) in [5.41, 5.74) is 1.36. The van der Waals surface area contributed by atoms with Gasteiger partial charge in [0.25, 0.3) is 0 Å². The first-order valence-electron chi connectivity index (χ1n) is 4.68. The average Bonchev–Trinajstić information content (AvgIpc) is 2.68. The molecule has 1 N–H and O–H groups in total. The summed E-state index contributed by atoms with van der Waals surface area (Å²) in [6.45, 7) is 3.65. The van der Waals surface area contributed by atoms with Gasteiger partial charge in [-0.3, -0.25) is 0 Å². The van der Waals surface area contributed by atoms with Crippen LogP contribution in [0.4, 0.5) is 0 Å². The zero-order valence-electron chi connectivity index (χ0n) is 8.75. The van der Waals surface area contributed by atoms with Gasteiger partial charge in [-0.2, -0.15) is 0 Å². The van der Waals surface area contributed by atoms with E-state index in [9.17, 15) is 5.11 Å². The highest BCUT2D eigenvalue weighted by Gasteiger charge is 2.20. The first-order chi connectivity index (χ1) is 7.49. The van der Waals surface area contributed by atoms with Crippen LogP contribution in [0.15, 0.2) is 16.5 Å². The third-order valence-corrected chi connectivity index (χ3v) is 3.87. The van der Waals surface area contributed by atoms with Crippen LogP contribution < -0.4 is 0 Å². The number of aryl methyl sites for hydroxylation is 2. The molecule has 0 radical (unpaired) electrons. The monoisotopic (exact) mass is 276 g/mol. The molecule has 0 spiro atoms. The summed E-state index contributed by atoms with van der Waals surface area (Å²) in [6.07, 6.45) is -0.784. The maximum absolute atomic E-state index is 10.2. The van der Waals surface area contributed by atoms with Crippen molar-refractivity contribution < 1.29 is 9.52 Å². The Morgan fingerprint density at radius 3 is 2.38 bits per heavy atom. The average molecular weight is 277 g/mol. The van der Waals surface area contributed by atoms with E-state index in [-0.39, 0.29) is 0 Å². The number of furan rings is 1. The second-order valence-electron chi connectivity index (χ2n) is 3.55. The van der Waals surface area contributed by atoms with Gasteiger partial charge in [0.2, 0.25) is 0 Å². The van der Waals surface area contributed by atoms with E-state index in [2.05, 4.69) is 0 Å². The van der Waals surface area contributed by atoms with Crippen LogP contribution >= 0.6 is 34.5 Å². The van der Waals surface area contributed by atoms with E-state index in [1.165, 1.54) is 11.3 Å². The Labute approximate surface area is 107 Å². The van der Waals surface area contributed by atoms with Crippen molar-refractivity contribution in [3.8, 4) is 0 Å². The molecule has 2 aromatic rings. The standard InChI is InChI=1S/C11H10Cl2O2S/c1-5-3-7(6(2)15-5)10(14)8-4-9(12)16-11(8)13/h3-4,10,14H,1-2H3. The third kappa shape index (κ3) is 2.13. The third-order valence-electron chi connectivity index (χ3n) is 2.35. The Bertz CT molecular complexity index is 470. The molecule has 2 nitrogen and oxygen atoms in total. The fourth-order valence-corrected chi connectivity index (χ4v) is 3.15. The molecule has 1 unspecified atom stereocenters. The van der Waals surface area contributed by atoms with Crippen LogP contribution in [0.2, 0.25) is 8.67 Å². The quantitative estimate of drug-likeness (QED) is 0.885. The van der Waals surface area contributed by atoms with Gasteiger partial charge < -0.3 is 9.52 Å². The highest BCUT2D eigenvalue weighted by Crippen LogP contribution is 2.38. The normalized spacial score (nSPS) is 13.1. The van der Waals surface area contributed by atoms with Gasteiger partial charge in [-0.1, -0.05) is 23.2 Å². The molecule has 5 heteroatoms. The second-order valence-corrected chi connectivity index (χ2v) is 5.84. The number of hydrogen-bond donors (Lipinski definition) is 1. The maximum atomic E-state index is 10.2. The lowest BCUT2D eigenvalue weighted by Crippen LogP contribution is -1.98. The molecule has 0 aliphatic heterocycles. The fraction of sp³-hybridized carbons (Fsp3) is 0.273. The predicted molar refractivity (Wildman–Crippen MR) is 66.6 cm³/mol. The minimum absolute atomic E-state index is 0.510. The lowest BCUT2D eigenvalue weighted by Gasteiger charge is -2.07. The number of rotatable bonds is 2. The van der Waals surface area contributed by atoms with Gasteiger partial charge in [0.05, 0.1) is 4.34 Å². The first-order valence-corrected chi connectivity index (χ1v) is 6.26. The maximum Gasteiger partial charge on any atom is 0.110 e. The van der Waals surface area contributed by atoms with Crippen molar-refractivity contribution >= 4 is 34.5 Å². The van der Waals surface area contributed by atoms with Crippen molar-refractivity contribution in [2.45, 2.75) is 20.0 Å². The Hall–Kier alpha value is -0.480. The van der Waals surface area contributed by atoms with Crippen LogP contribution in [0.5, 0.6) is 0 Å². The van der Waals surface area contributed by atoms with Crippen LogP contribution in [-0.4, -0.2) is 5.11 Å². The number of hydrogen-bond acceptors (Lipinski definition) is 3. The smallest absolute Gasteiger partial charge is 0.110 e. The fourth-order valence-electron chi connectivity index (χ4n) is 1.63. The van der Waals surface area contributed by atoms with Gasteiger partial charge in [0.15, 0.2) is 0 Å². The molecule has 16 heavy (non-hydrogen) atoms. The molecule has 2 heterocycles. The molecule has 0 aliphatic rings. The Morgan fingerprint density at radius 1 is 1.25 bits per heavy atom. The molecular weight excluding hydrogens is 267 g/mol. The summed E-state index contributed by atoms with van der Waals surface area (Å²) in [5, 5.41) is 10.2. The van der Waals surface area contributed by atoms with E-state index >= 15 is 0 Å². The summed E-state index contributed by atoms with van der Waals surface area (Å²) in [7, 11) is 0. The van der Waals surface area contributed by atoms with E-state index in [1.54, 1.807) is 6.07 Å². The second kappa shape index (κ2) is 4.41. The van der Waals surface area contributed by atoms with Gasteiger partial charge in [-0.15, -0.1) is 11.3 Å². The zero-order valence-corrected chi connectivity index (χ0v) is 11.1. The van der Waals surface area contributed by atoms with Crippen LogP contribution in [0.25, 0.3) is 0 Å². The largest absolute Gasteiger partial charge is 0.466 e. The molecule has 0 fully saturated rings. The van der Waals surface area contributed by atoms with Crippen LogP contribution in [0, 0.1) is 13.8 Å². The number of thiophene rings is 1. The van der Waals surface area contributed by atoms with Crippen molar-refractivity contribution in [3.05, 3.63) is 43.5 Å².